The van der Waals surface area contributed by atoms with Gasteiger partial charge in [0.1, 0.15) is 11.9 Å². The van der Waals surface area contributed by atoms with Gasteiger partial charge in [-0.05, 0) is 91.2 Å². The van der Waals surface area contributed by atoms with Crippen molar-refractivity contribution in [2.75, 3.05) is 0 Å². The van der Waals surface area contributed by atoms with Gasteiger partial charge in [0.05, 0.1) is 6.10 Å². The fourth-order valence-corrected chi connectivity index (χ4v) is 8.12. The highest BCUT2D eigenvalue weighted by molar-refractivity contribution is 6.74. The number of rotatable bonds is 4. The molecule has 3 aliphatic rings. The SMILES string of the molecule is CC(=O)Oc1ccc2c(c1)CC[C@@H]1[C@@H]2CC[C@@]2(C)[C@H]1C[C@@H](O[Si](C)(C)C(C)(C)C)[C@@H]2OC(C)=O. The van der Waals surface area contributed by atoms with Crippen molar-refractivity contribution in [3.63, 3.8) is 0 Å². The minimum atomic E-state index is -2.01. The van der Waals surface area contributed by atoms with Crippen LogP contribution in [0.4, 0.5) is 0 Å². The first kappa shape index (κ1) is 25.4. The highest BCUT2D eigenvalue weighted by Crippen LogP contribution is 2.62. The van der Waals surface area contributed by atoms with Crippen LogP contribution in [0.25, 0.3) is 0 Å². The summed E-state index contributed by atoms with van der Waals surface area (Å²) in [5.41, 5.74) is 2.66. The van der Waals surface area contributed by atoms with Gasteiger partial charge >= 0.3 is 11.9 Å². The number of benzene rings is 1. The third kappa shape index (κ3) is 4.48. The van der Waals surface area contributed by atoms with Gasteiger partial charge in [-0.15, -0.1) is 0 Å². The maximum Gasteiger partial charge on any atom is 0.308 e. The highest BCUT2D eigenvalue weighted by atomic mass is 28.4. The molecule has 0 aromatic heterocycles. The second-order valence-corrected chi connectivity index (χ2v) is 17.4. The van der Waals surface area contributed by atoms with Crippen LogP contribution in [0.3, 0.4) is 0 Å². The van der Waals surface area contributed by atoms with Gasteiger partial charge in [-0.1, -0.05) is 33.8 Å². The summed E-state index contributed by atoms with van der Waals surface area (Å²) < 4.78 is 18.4. The Balaban J connectivity index is 1.63. The predicted molar refractivity (Wildman–Crippen MR) is 135 cm³/mol. The van der Waals surface area contributed by atoms with Crippen LogP contribution >= 0.6 is 0 Å². The number of carbonyl (C=O) groups excluding carboxylic acids is 2. The van der Waals surface area contributed by atoms with Gasteiger partial charge in [0.15, 0.2) is 8.32 Å². The van der Waals surface area contributed by atoms with Crippen molar-refractivity contribution in [2.24, 2.45) is 17.3 Å². The minimum Gasteiger partial charge on any atom is -0.459 e. The van der Waals surface area contributed by atoms with Gasteiger partial charge in [0.25, 0.3) is 0 Å². The molecule has 0 saturated heterocycles. The van der Waals surface area contributed by atoms with E-state index >= 15 is 0 Å². The lowest BCUT2D eigenvalue weighted by atomic mass is 9.55. The van der Waals surface area contributed by atoms with E-state index in [9.17, 15) is 9.59 Å². The van der Waals surface area contributed by atoms with Crippen LogP contribution in [0.15, 0.2) is 18.2 Å². The molecule has 188 valence electrons. The Morgan fingerprint density at radius 1 is 1.09 bits per heavy atom. The van der Waals surface area contributed by atoms with Crippen molar-refractivity contribution < 1.29 is 23.5 Å². The molecule has 3 aliphatic carbocycles. The number of aryl methyl sites for hydroxylation is 1. The van der Waals surface area contributed by atoms with Crippen molar-refractivity contribution in [1.29, 1.82) is 0 Å². The molecule has 34 heavy (non-hydrogen) atoms. The largest absolute Gasteiger partial charge is 0.459 e. The summed E-state index contributed by atoms with van der Waals surface area (Å²) in [4.78, 5) is 23.6. The Kier molecular flexibility index (Phi) is 6.56. The van der Waals surface area contributed by atoms with Gasteiger partial charge in [-0.2, -0.15) is 0 Å². The number of hydrogen-bond donors (Lipinski definition) is 0. The van der Waals surface area contributed by atoms with Crippen LogP contribution in [0.5, 0.6) is 5.75 Å². The zero-order valence-electron chi connectivity index (χ0n) is 22.2. The molecule has 0 aliphatic heterocycles. The van der Waals surface area contributed by atoms with E-state index in [4.69, 9.17) is 13.9 Å². The van der Waals surface area contributed by atoms with Crippen LogP contribution in [-0.2, 0) is 25.2 Å². The molecule has 5 nitrogen and oxygen atoms in total. The van der Waals surface area contributed by atoms with E-state index in [0.717, 1.165) is 32.1 Å². The molecule has 0 heterocycles. The summed E-state index contributed by atoms with van der Waals surface area (Å²) in [5.74, 6) is 1.67. The Morgan fingerprint density at radius 2 is 1.79 bits per heavy atom. The first-order chi connectivity index (χ1) is 15.7. The van der Waals surface area contributed by atoms with Gasteiger partial charge in [-0.3, -0.25) is 9.59 Å². The Hall–Kier alpha value is -1.66. The zero-order chi connectivity index (χ0) is 25.1. The lowest BCUT2D eigenvalue weighted by Gasteiger charge is -2.50. The Morgan fingerprint density at radius 3 is 2.41 bits per heavy atom. The summed E-state index contributed by atoms with van der Waals surface area (Å²) in [5, 5.41) is 0.106. The predicted octanol–water partition coefficient (Wildman–Crippen LogP) is 6.40. The van der Waals surface area contributed by atoms with Gasteiger partial charge in [0.2, 0.25) is 0 Å². The van der Waals surface area contributed by atoms with E-state index in [2.05, 4.69) is 52.9 Å². The summed E-state index contributed by atoms with van der Waals surface area (Å²) in [6.45, 7) is 16.7. The molecule has 0 unspecified atom stereocenters. The van der Waals surface area contributed by atoms with Gasteiger partial charge in [-0.25, -0.2) is 0 Å². The molecule has 0 spiro atoms. The third-order valence-electron chi connectivity index (χ3n) is 9.42. The quantitative estimate of drug-likeness (QED) is 0.280. The molecule has 2 fully saturated rings. The second-order valence-electron chi connectivity index (χ2n) is 12.6. The number of esters is 2. The van der Waals surface area contributed by atoms with Crippen molar-refractivity contribution >= 4 is 20.3 Å². The van der Waals surface area contributed by atoms with E-state index in [1.54, 1.807) is 0 Å². The average molecular weight is 487 g/mol. The van der Waals surface area contributed by atoms with Gasteiger partial charge < -0.3 is 13.9 Å². The summed E-state index contributed by atoms with van der Waals surface area (Å²) in [7, 11) is -2.01. The molecule has 1 aromatic rings. The number of fused-ring (bicyclic) bond motifs is 5. The minimum absolute atomic E-state index is 0.0359. The summed E-state index contributed by atoms with van der Waals surface area (Å²) >= 11 is 0. The van der Waals surface area contributed by atoms with Crippen LogP contribution in [0, 0.1) is 17.3 Å². The maximum atomic E-state index is 12.2. The molecule has 6 heteroatoms. The van der Waals surface area contributed by atoms with E-state index < -0.39 is 8.32 Å². The normalized spacial score (nSPS) is 32.9. The number of hydrogen-bond acceptors (Lipinski definition) is 5. The first-order valence-electron chi connectivity index (χ1n) is 12.9. The van der Waals surface area contributed by atoms with Crippen molar-refractivity contribution in [2.45, 2.75) is 110 Å². The fourth-order valence-electron chi connectivity index (χ4n) is 6.79. The smallest absolute Gasteiger partial charge is 0.308 e. The molecule has 0 N–H and O–H groups in total. The van der Waals surface area contributed by atoms with Crippen molar-refractivity contribution in [1.82, 2.24) is 0 Å². The zero-order valence-corrected chi connectivity index (χ0v) is 23.2. The number of ether oxygens (including phenoxy) is 2. The Labute approximate surface area is 206 Å². The molecule has 4 rings (SSSR count). The van der Waals surface area contributed by atoms with E-state index in [1.165, 1.54) is 25.0 Å². The molecular formula is C28H42O5Si. The maximum absolute atomic E-state index is 12.2. The first-order valence-corrected chi connectivity index (χ1v) is 15.8. The van der Waals surface area contributed by atoms with Crippen LogP contribution in [-0.4, -0.2) is 32.5 Å². The third-order valence-corrected chi connectivity index (χ3v) is 13.9. The van der Waals surface area contributed by atoms with E-state index in [0.29, 0.717) is 23.5 Å². The van der Waals surface area contributed by atoms with E-state index in [1.807, 2.05) is 6.07 Å². The standard InChI is InChI=1S/C28H42O5Si/c1-17(29)31-20-10-12-21-19(15-20)9-11-23-22(21)13-14-28(6)24(23)16-25(26(28)32-18(2)30)33-34(7,8)27(3,4)5/h10,12,15,22-26H,9,11,13-14,16H2,1-8H3/t22-,23-,24+,25-,26+,28+/m1/s1. The molecule has 0 radical (unpaired) electrons. The lowest BCUT2D eigenvalue weighted by molar-refractivity contribution is -0.160. The topological polar surface area (TPSA) is 61.8 Å². The molecule has 0 bridgehead atoms. The van der Waals surface area contributed by atoms with Crippen molar-refractivity contribution in [3.8, 4) is 5.75 Å². The van der Waals surface area contributed by atoms with Crippen LogP contribution in [0.2, 0.25) is 18.1 Å². The monoisotopic (exact) mass is 486 g/mol. The van der Waals surface area contributed by atoms with Gasteiger partial charge in [0, 0.05) is 19.3 Å². The van der Waals surface area contributed by atoms with Crippen LogP contribution in [0.1, 0.15) is 84.3 Å². The average Bonchev–Trinajstić information content (AvgIpc) is 2.97. The molecular weight excluding hydrogens is 444 g/mol. The number of carbonyl (C=O) groups is 2. The molecule has 0 amide bonds. The fraction of sp³-hybridized carbons (Fsp3) is 0.714. The summed E-state index contributed by atoms with van der Waals surface area (Å²) in [6.07, 6.45) is 4.96. The van der Waals surface area contributed by atoms with Crippen molar-refractivity contribution in [3.05, 3.63) is 29.3 Å². The molecule has 1 aromatic carbocycles. The highest BCUT2D eigenvalue weighted by Gasteiger charge is 2.61. The Bertz CT molecular complexity index is 964. The molecule has 6 atom stereocenters. The summed E-state index contributed by atoms with van der Waals surface area (Å²) in [6, 6.07) is 6.17. The molecule has 2 saturated carbocycles. The van der Waals surface area contributed by atoms with E-state index in [-0.39, 0.29) is 34.6 Å². The second kappa shape index (κ2) is 8.77. The van der Waals surface area contributed by atoms with Crippen LogP contribution < -0.4 is 4.74 Å². The lowest BCUT2D eigenvalue weighted by Crippen LogP contribution is -2.50.